The molecule has 0 aliphatic rings. The van der Waals surface area contributed by atoms with Crippen LogP contribution in [0.1, 0.15) is 16.1 Å². The molecule has 11 heavy (non-hydrogen) atoms. The molecule has 0 saturated carbocycles. The number of alkyl halides is 1. The van der Waals surface area contributed by atoms with Gasteiger partial charge in [-0.15, -0.1) is 0 Å². The van der Waals surface area contributed by atoms with Crippen molar-refractivity contribution in [2.45, 2.75) is 6.67 Å². The van der Waals surface area contributed by atoms with Crippen LogP contribution in [0.15, 0.2) is 6.20 Å². The first-order valence-electron chi connectivity index (χ1n) is 2.93. The lowest BCUT2D eigenvalue weighted by molar-refractivity contribution is 0.108. The number of aryl methyl sites for hydroxylation is 1. The average Bonchev–Trinajstić information content (AvgIpc) is 2.30. The zero-order valence-electron chi connectivity index (χ0n) is 5.84. The molecule has 1 rings (SSSR count). The van der Waals surface area contributed by atoms with Crippen molar-refractivity contribution < 1.29 is 9.18 Å². The smallest absolute Gasteiger partial charge is 0.255 e. The van der Waals surface area contributed by atoms with E-state index in [0.717, 1.165) is 0 Å². The maximum Gasteiger partial charge on any atom is 0.255 e. The molecule has 0 aromatic carbocycles. The van der Waals surface area contributed by atoms with Crippen molar-refractivity contribution in [2.75, 3.05) is 0 Å². The first-order chi connectivity index (χ1) is 5.15. The number of aromatic nitrogens is 2. The van der Waals surface area contributed by atoms with E-state index in [0.29, 0.717) is 0 Å². The lowest BCUT2D eigenvalue weighted by Gasteiger charge is -1.86. The van der Waals surface area contributed by atoms with Crippen molar-refractivity contribution in [3.8, 4) is 0 Å². The Bertz CT molecular complexity index is 284. The van der Waals surface area contributed by atoms with Gasteiger partial charge in [0.1, 0.15) is 12.4 Å². The van der Waals surface area contributed by atoms with Crippen molar-refractivity contribution in [3.05, 3.63) is 17.5 Å². The molecule has 1 heterocycles. The summed E-state index contributed by atoms with van der Waals surface area (Å²) >= 11 is 5.14. The molecule has 60 valence electrons. The second-order valence-corrected chi connectivity index (χ2v) is 2.41. The summed E-state index contributed by atoms with van der Waals surface area (Å²) in [5.41, 5.74) is 0.226. The minimum absolute atomic E-state index is 0.0903. The van der Waals surface area contributed by atoms with Crippen LogP contribution in [-0.4, -0.2) is 15.0 Å². The fourth-order valence-electron chi connectivity index (χ4n) is 0.797. The molecule has 0 aliphatic carbocycles. The Morgan fingerprint density at radius 3 is 2.91 bits per heavy atom. The minimum Gasteiger partial charge on any atom is -0.275 e. The summed E-state index contributed by atoms with van der Waals surface area (Å²) in [7, 11) is 1.60. The van der Waals surface area contributed by atoms with Crippen molar-refractivity contribution in [1.82, 2.24) is 9.78 Å². The monoisotopic (exact) mass is 176 g/mol. The van der Waals surface area contributed by atoms with Gasteiger partial charge in [-0.2, -0.15) is 5.10 Å². The number of rotatable bonds is 2. The number of carbonyl (C=O) groups excluding carboxylic acids is 1. The number of hydrogen-bond donors (Lipinski definition) is 0. The van der Waals surface area contributed by atoms with Crippen LogP contribution in [0.25, 0.3) is 0 Å². The Kier molecular flexibility index (Phi) is 2.24. The summed E-state index contributed by atoms with van der Waals surface area (Å²) in [6.07, 6.45) is 1.39. The molecule has 0 bridgehead atoms. The van der Waals surface area contributed by atoms with Gasteiger partial charge in [-0.25, -0.2) is 4.39 Å². The molecule has 0 fully saturated rings. The molecule has 0 aliphatic heterocycles. The van der Waals surface area contributed by atoms with Gasteiger partial charge in [-0.1, -0.05) is 0 Å². The quantitative estimate of drug-likeness (QED) is 0.636. The third kappa shape index (κ3) is 1.57. The van der Waals surface area contributed by atoms with Gasteiger partial charge in [0.25, 0.3) is 5.24 Å². The molecule has 0 atom stereocenters. The van der Waals surface area contributed by atoms with E-state index in [4.69, 9.17) is 11.6 Å². The zero-order chi connectivity index (χ0) is 8.43. The number of hydrogen-bond acceptors (Lipinski definition) is 2. The topological polar surface area (TPSA) is 34.9 Å². The third-order valence-corrected chi connectivity index (χ3v) is 1.45. The molecule has 0 spiro atoms. The number of nitrogens with zero attached hydrogens (tertiary/aromatic N) is 2. The van der Waals surface area contributed by atoms with Crippen LogP contribution < -0.4 is 0 Å². The van der Waals surface area contributed by atoms with E-state index in [1.54, 1.807) is 7.05 Å². The Hall–Kier alpha value is -0.900. The van der Waals surface area contributed by atoms with Crippen LogP contribution in [0.4, 0.5) is 4.39 Å². The molecule has 0 unspecified atom stereocenters. The predicted octanol–water partition coefficient (Wildman–Crippen LogP) is 1.27. The SMILES string of the molecule is Cn1cc(C(=O)Cl)c(CF)n1. The Labute approximate surface area is 67.8 Å². The molecular formula is C6H6ClFN2O. The number of halogens is 2. The standard InChI is InChI=1S/C6H6ClFN2O/c1-10-3-4(6(7)11)5(2-8)9-10/h3H,2H2,1H3. The van der Waals surface area contributed by atoms with E-state index in [2.05, 4.69) is 5.10 Å². The summed E-state index contributed by atoms with van der Waals surface area (Å²) in [5.74, 6) is 0. The fraction of sp³-hybridized carbons (Fsp3) is 0.333. The summed E-state index contributed by atoms with van der Waals surface area (Å²) < 4.78 is 13.4. The number of carbonyl (C=O) groups is 1. The maximum atomic E-state index is 12.1. The highest BCUT2D eigenvalue weighted by molar-refractivity contribution is 6.67. The van der Waals surface area contributed by atoms with E-state index < -0.39 is 11.9 Å². The lowest BCUT2D eigenvalue weighted by Crippen LogP contribution is -1.91. The molecular weight excluding hydrogens is 171 g/mol. The van der Waals surface area contributed by atoms with Gasteiger partial charge in [0, 0.05) is 13.2 Å². The second-order valence-electron chi connectivity index (χ2n) is 2.07. The van der Waals surface area contributed by atoms with Crippen LogP contribution in [0.3, 0.4) is 0 Å². The van der Waals surface area contributed by atoms with Crippen LogP contribution in [0, 0.1) is 0 Å². The van der Waals surface area contributed by atoms with Crippen LogP contribution in [0.2, 0.25) is 0 Å². The van der Waals surface area contributed by atoms with Gasteiger partial charge < -0.3 is 0 Å². The van der Waals surface area contributed by atoms with E-state index in [9.17, 15) is 9.18 Å². The van der Waals surface area contributed by atoms with E-state index in [1.165, 1.54) is 10.9 Å². The highest BCUT2D eigenvalue weighted by Gasteiger charge is 2.12. The van der Waals surface area contributed by atoms with Crippen molar-refractivity contribution in [1.29, 1.82) is 0 Å². The van der Waals surface area contributed by atoms with Crippen molar-refractivity contribution in [3.63, 3.8) is 0 Å². The fourth-order valence-corrected chi connectivity index (χ4v) is 0.955. The zero-order valence-corrected chi connectivity index (χ0v) is 6.60. The molecule has 1 aromatic heterocycles. The first kappa shape index (κ1) is 8.20. The average molecular weight is 177 g/mol. The van der Waals surface area contributed by atoms with Gasteiger partial charge in [0.05, 0.1) is 5.56 Å². The Balaban J connectivity index is 3.12. The van der Waals surface area contributed by atoms with Crippen molar-refractivity contribution in [2.24, 2.45) is 7.05 Å². The normalized spacial score (nSPS) is 10.1. The van der Waals surface area contributed by atoms with Gasteiger partial charge in [0.2, 0.25) is 0 Å². The molecule has 3 nitrogen and oxygen atoms in total. The largest absolute Gasteiger partial charge is 0.275 e. The molecule has 0 radical (unpaired) electrons. The molecule has 1 aromatic rings. The van der Waals surface area contributed by atoms with Gasteiger partial charge in [0.15, 0.2) is 0 Å². The van der Waals surface area contributed by atoms with Crippen LogP contribution in [-0.2, 0) is 13.7 Å². The Morgan fingerprint density at radius 2 is 2.55 bits per heavy atom. The van der Waals surface area contributed by atoms with Crippen LogP contribution >= 0.6 is 11.6 Å². The third-order valence-electron chi connectivity index (χ3n) is 1.24. The molecule has 0 amide bonds. The van der Waals surface area contributed by atoms with E-state index in [-0.39, 0.29) is 11.3 Å². The lowest BCUT2D eigenvalue weighted by atomic mass is 10.3. The predicted molar refractivity (Wildman–Crippen MR) is 38.2 cm³/mol. The molecule has 0 saturated heterocycles. The maximum absolute atomic E-state index is 12.1. The first-order valence-corrected chi connectivity index (χ1v) is 3.31. The van der Waals surface area contributed by atoms with Gasteiger partial charge >= 0.3 is 0 Å². The molecule has 0 N–H and O–H groups in total. The molecule has 5 heteroatoms. The highest BCUT2D eigenvalue weighted by atomic mass is 35.5. The summed E-state index contributed by atoms with van der Waals surface area (Å²) in [5, 5.41) is 3.01. The minimum atomic E-state index is -0.769. The van der Waals surface area contributed by atoms with Crippen LogP contribution in [0.5, 0.6) is 0 Å². The summed E-state index contributed by atoms with van der Waals surface area (Å²) in [6, 6.07) is 0. The summed E-state index contributed by atoms with van der Waals surface area (Å²) in [6.45, 7) is -0.769. The second kappa shape index (κ2) is 3.00. The Morgan fingerprint density at radius 1 is 1.91 bits per heavy atom. The van der Waals surface area contributed by atoms with E-state index in [1.807, 2.05) is 0 Å². The van der Waals surface area contributed by atoms with E-state index >= 15 is 0 Å². The van der Waals surface area contributed by atoms with Gasteiger partial charge in [-0.05, 0) is 11.6 Å². The summed E-state index contributed by atoms with van der Waals surface area (Å²) in [4.78, 5) is 10.6. The highest BCUT2D eigenvalue weighted by Crippen LogP contribution is 2.10. The van der Waals surface area contributed by atoms with Crippen molar-refractivity contribution >= 4 is 16.8 Å². The van der Waals surface area contributed by atoms with Gasteiger partial charge in [-0.3, -0.25) is 9.48 Å².